The number of benzene rings is 2. The number of Topliss-reactive ketones (excluding diaryl/α,β-unsaturated/α-hetero) is 1. The van der Waals surface area contributed by atoms with Crippen LogP contribution in [0.3, 0.4) is 0 Å². The predicted molar refractivity (Wildman–Crippen MR) is 95.1 cm³/mol. The molecular formula is C17H14FN3OS2. The normalized spacial score (nSPS) is 10.5. The number of nitrogens with one attached hydrogen (secondary N) is 1. The molecule has 0 saturated carbocycles. The van der Waals surface area contributed by atoms with Gasteiger partial charge >= 0.3 is 0 Å². The summed E-state index contributed by atoms with van der Waals surface area (Å²) in [5, 5.41) is 12.0. The molecule has 7 heteroatoms. The minimum absolute atomic E-state index is 0.131. The molecule has 0 spiro atoms. The lowest BCUT2D eigenvalue weighted by Gasteiger charge is -2.01. The van der Waals surface area contributed by atoms with Crippen LogP contribution < -0.4 is 5.32 Å². The van der Waals surface area contributed by atoms with Gasteiger partial charge in [-0.1, -0.05) is 65.6 Å². The first-order valence-corrected chi connectivity index (χ1v) is 9.04. The number of aromatic nitrogens is 2. The summed E-state index contributed by atoms with van der Waals surface area (Å²) >= 11 is 2.70. The van der Waals surface area contributed by atoms with Gasteiger partial charge in [0.25, 0.3) is 0 Å². The van der Waals surface area contributed by atoms with Gasteiger partial charge in [0, 0.05) is 12.1 Å². The molecule has 2 aromatic carbocycles. The van der Waals surface area contributed by atoms with Crippen LogP contribution in [0.15, 0.2) is 58.9 Å². The van der Waals surface area contributed by atoms with E-state index < -0.39 is 5.82 Å². The number of halogens is 1. The molecule has 0 aliphatic heterocycles. The monoisotopic (exact) mass is 359 g/mol. The maximum absolute atomic E-state index is 13.1. The molecule has 3 rings (SSSR count). The van der Waals surface area contributed by atoms with Gasteiger partial charge in [0.2, 0.25) is 5.13 Å². The Morgan fingerprint density at radius 2 is 1.96 bits per heavy atom. The third-order valence-corrected chi connectivity index (χ3v) is 5.18. The molecule has 0 aliphatic rings. The van der Waals surface area contributed by atoms with Crippen LogP contribution in [0.2, 0.25) is 0 Å². The van der Waals surface area contributed by atoms with Crippen molar-refractivity contribution in [3.63, 3.8) is 0 Å². The van der Waals surface area contributed by atoms with Crippen LogP contribution >= 0.6 is 23.1 Å². The molecule has 4 nitrogen and oxygen atoms in total. The SMILES string of the molecule is O=C(CSc1nnc(NCc2ccccc2)s1)c1cccc(F)c1. The highest BCUT2D eigenvalue weighted by Gasteiger charge is 2.10. The van der Waals surface area contributed by atoms with Crippen LogP contribution in [-0.2, 0) is 6.54 Å². The second kappa shape index (κ2) is 8.03. The molecule has 0 aliphatic carbocycles. The van der Waals surface area contributed by atoms with Crippen LogP contribution in [0, 0.1) is 5.82 Å². The lowest BCUT2D eigenvalue weighted by molar-refractivity contribution is 0.102. The van der Waals surface area contributed by atoms with Crippen LogP contribution in [0.4, 0.5) is 9.52 Å². The number of ketones is 1. The second-order valence-electron chi connectivity index (χ2n) is 4.93. The number of hydrogen-bond acceptors (Lipinski definition) is 6. The first kappa shape index (κ1) is 16.6. The highest BCUT2D eigenvalue weighted by atomic mass is 32.2. The summed E-state index contributed by atoms with van der Waals surface area (Å²) in [5.74, 6) is -0.334. The lowest BCUT2D eigenvalue weighted by Crippen LogP contribution is -2.02. The summed E-state index contributed by atoms with van der Waals surface area (Å²) in [6, 6.07) is 15.7. The molecule has 0 saturated heterocycles. The number of carbonyl (C=O) groups is 1. The third kappa shape index (κ3) is 4.62. The molecule has 0 bridgehead atoms. The van der Waals surface area contributed by atoms with Crippen molar-refractivity contribution in [1.82, 2.24) is 10.2 Å². The summed E-state index contributed by atoms with van der Waals surface area (Å²) in [7, 11) is 0. The molecule has 0 amide bonds. The molecule has 0 atom stereocenters. The van der Waals surface area contributed by atoms with Crippen molar-refractivity contribution in [2.75, 3.05) is 11.1 Å². The zero-order valence-corrected chi connectivity index (χ0v) is 14.2. The summed E-state index contributed by atoms with van der Waals surface area (Å²) in [6.07, 6.45) is 0. The molecular weight excluding hydrogens is 345 g/mol. The van der Waals surface area contributed by atoms with E-state index >= 15 is 0 Å². The van der Waals surface area contributed by atoms with Crippen LogP contribution in [0.25, 0.3) is 0 Å². The smallest absolute Gasteiger partial charge is 0.206 e. The van der Waals surface area contributed by atoms with E-state index in [9.17, 15) is 9.18 Å². The van der Waals surface area contributed by atoms with Gasteiger partial charge in [-0.3, -0.25) is 4.79 Å². The van der Waals surface area contributed by atoms with Crippen LogP contribution in [0.5, 0.6) is 0 Å². The van der Waals surface area contributed by atoms with Crippen LogP contribution in [0.1, 0.15) is 15.9 Å². The van der Waals surface area contributed by atoms with Crippen LogP contribution in [-0.4, -0.2) is 21.7 Å². The van der Waals surface area contributed by atoms with Gasteiger partial charge in [-0.2, -0.15) is 0 Å². The second-order valence-corrected chi connectivity index (χ2v) is 7.13. The highest BCUT2D eigenvalue weighted by Crippen LogP contribution is 2.26. The van der Waals surface area contributed by atoms with E-state index in [1.807, 2.05) is 30.3 Å². The Hall–Kier alpha value is -2.25. The molecule has 0 unspecified atom stereocenters. The molecule has 1 N–H and O–H groups in total. The Kier molecular flexibility index (Phi) is 5.55. The first-order chi connectivity index (χ1) is 11.7. The molecule has 24 heavy (non-hydrogen) atoms. The van der Waals surface area contributed by atoms with Crippen molar-refractivity contribution >= 4 is 34.0 Å². The molecule has 1 aromatic heterocycles. The number of thioether (sulfide) groups is 1. The zero-order valence-electron chi connectivity index (χ0n) is 12.6. The van der Waals surface area contributed by atoms with E-state index in [2.05, 4.69) is 15.5 Å². The van der Waals surface area contributed by atoms with Crippen molar-refractivity contribution in [1.29, 1.82) is 0 Å². The van der Waals surface area contributed by atoms with E-state index in [4.69, 9.17) is 0 Å². The van der Waals surface area contributed by atoms with Gasteiger partial charge in [0.05, 0.1) is 5.75 Å². The third-order valence-electron chi connectivity index (χ3n) is 3.17. The standard InChI is InChI=1S/C17H14FN3OS2/c18-14-8-4-7-13(9-14)15(22)11-23-17-21-20-16(24-17)19-10-12-5-2-1-3-6-12/h1-9H,10-11H2,(H,19,20). The van der Waals surface area contributed by atoms with Gasteiger partial charge in [-0.25, -0.2) is 4.39 Å². The minimum Gasteiger partial charge on any atom is -0.356 e. The highest BCUT2D eigenvalue weighted by molar-refractivity contribution is 8.01. The first-order valence-electron chi connectivity index (χ1n) is 7.23. The van der Waals surface area contributed by atoms with Gasteiger partial charge < -0.3 is 5.32 Å². The quantitative estimate of drug-likeness (QED) is 0.504. The molecule has 122 valence electrons. The molecule has 1 heterocycles. The summed E-state index contributed by atoms with van der Waals surface area (Å²) in [4.78, 5) is 12.0. The van der Waals surface area contributed by atoms with Crippen molar-refractivity contribution in [2.45, 2.75) is 10.9 Å². The van der Waals surface area contributed by atoms with Crippen molar-refractivity contribution in [2.24, 2.45) is 0 Å². The van der Waals surface area contributed by atoms with Crippen molar-refractivity contribution in [3.05, 3.63) is 71.5 Å². The Labute approximate surface area is 147 Å². The Morgan fingerprint density at radius 3 is 2.75 bits per heavy atom. The molecule has 3 aromatic rings. The van der Waals surface area contributed by atoms with E-state index in [0.29, 0.717) is 21.6 Å². The minimum atomic E-state index is -0.408. The summed E-state index contributed by atoms with van der Waals surface area (Å²) in [5.41, 5.74) is 1.53. The van der Waals surface area contributed by atoms with Gasteiger partial charge in [-0.05, 0) is 17.7 Å². The zero-order chi connectivity index (χ0) is 16.8. The Balaban J connectivity index is 1.51. The average Bonchev–Trinajstić information content (AvgIpc) is 3.07. The summed E-state index contributed by atoms with van der Waals surface area (Å²) < 4.78 is 13.8. The molecule has 0 fully saturated rings. The fraction of sp³-hybridized carbons (Fsp3) is 0.118. The number of anilines is 1. The van der Waals surface area contributed by atoms with E-state index in [0.717, 1.165) is 5.56 Å². The predicted octanol–water partition coefficient (Wildman–Crippen LogP) is 4.26. The topological polar surface area (TPSA) is 54.9 Å². The largest absolute Gasteiger partial charge is 0.356 e. The Bertz CT molecular complexity index is 823. The van der Waals surface area contributed by atoms with E-state index in [1.54, 1.807) is 6.07 Å². The maximum atomic E-state index is 13.1. The lowest BCUT2D eigenvalue weighted by atomic mass is 10.1. The van der Waals surface area contributed by atoms with E-state index in [1.165, 1.54) is 41.3 Å². The molecule has 0 radical (unpaired) electrons. The number of carbonyl (C=O) groups excluding carboxylic acids is 1. The van der Waals surface area contributed by atoms with Gasteiger partial charge in [-0.15, -0.1) is 10.2 Å². The summed E-state index contributed by atoms with van der Waals surface area (Å²) in [6.45, 7) is 0.669. The fourth-order valence-electron chi connectivity index (χ4n) is 1.99. The Morgan fingerprint density at radius 1 is 1.12 bits per heavy atom. The van der Waals surface area contributed by atoms with Gasteiger partial charge in [0.15, 0.2) is 10.1 Å². The van der Waals surface area contributed by atoms with Crippen molar-refractivity contribution in [3.8, 4) is 0 Å². The number of rotatable bonds is 7. The number of hydrogen-bond donors (Lipinski definition) is 1. The van der Waals surface area contributed by atoms with Gasteiger partial charge in [0.1, 0.15) is 5.82 Å². The average molecular weight is 359 g/mol. The fourth-order valence-corrected chi connectivity index (χ4v) is 3.63. The van der Waals surface area contributed by atoms with E-state index in [-0.39, 0.29) is 11.5 Å². The van der Waals surface area contributed by atoms with Crippen molar-refractivity contribution < 1.29 is 9.18 Å². The number of nitrogens with zero attached hydrogens (tertiary/aromatic N) is 2. The maximum Gasteiger partial charge on any atom is 0.206 e.